The summed E-state index contributed by atoms with van der Waals surface area (Å²) < 4.78 is 4.98. The molecule has 1 aromatic carbocycles. The topological polar surface area (TPSA) is 37.0 Å². The van der Waals surface area contributed by atoms with Gasteiger partial charge in [-0.2, -0.15) is 0 Å². The molecule has 2 rings (SSSR count). The fraction of sp³-hybridized carbons (Fsp3) is 0.429. The van der Waals surface area contributed by atoms with E-state index in [-0.39, 0.29) is 0 Å². The smallest absolute Gasteiger partial charge is 0.0587 e. The van der Waals surface area contributed by atoms with Gasteiger partial charge in [0.2, 0.25) is 0 Å². The van der Waals surface area contributed by atoms with Crippen LogP contribution < -0.4 is 5.32 Å². The van der Waals surface area contributed by atoms with Gasteiger partial charge in [-0.15, -0.1) is 0 Å². The molecule has 0 bridgehead atoms. The third kappa shape index (κ3) is 3.32. The van der Waals surface area contributed by atoms with E-state index in [1.807, 2.05) is 0 Å². The predicted molar refractivity (Wildman–Crippen MR) is 71.4 cm³/mol. The van der Waals surface area contributed by atoms with E-state index in [2.05, 4.69) is 40.8 Å². The number of rotatable bonds is 7. The van der Waals surface area contributed by atoms with Crippen molar-refractivity contribution in [2.75, 3.05) is 26.8 Å². The number of aryl methyl sites for hydroxylation is 1. The molecule has 2 aromatic rings. The highest BCUT2D eigenvalue weighted by Gasteiger charge is 2.01. The third-order valence-corrected chi connectivity index (χ3v) is 2.96. The molecule has 92 valence electrons. The number of nitrogens with one attached hydrogen (secondary N) is 2. The Labute approximate surface area is 102 Å². The van der Waals surface area contributed by atoms with E-state index >= 15 is 0 Å². The number of H-pyrrole nitrogens is 1. The average molecular weight is 232 g/mol. The molecule has 0 saturated carbocycles. The molecule has 0 aliphatic heterocycles. The molecular weight excluding hydrogens is 212 g/mol. The van der Waals surface area contributed by atoms with Crippen molar-refractivity contribution in [1.82, 2.24) is 10.3 Å². The Bertz CT molecular complexity index is 450. The molecule has 0 amide bonds. The van der Waals surface area contributed by atoms with Crippen molar-refractivity contribution >= 4 is 10.9 Å². The Morgan fingerprint density at radius 2 is 2.12 bits per heavy atom. The molecule has 3 heteroatoms. The molecule has 0 aliphatic rings. The van der Waals surface area contributed by atoms with Gasteiger partial charge in [-0.05, 0) is 31.0 Å². The van der Waals surface area contributed by atoms with Crippen LogP contribution in [0.25, 0.3) is 10.9 Å². The van der Waals surface area contributed by atoms with Crippen LogP contribution in [0.4, 0.5) is 0 Å². The zero-order chi connectivity index (χ0) is 11.9. The number of hydrogen-bond acceptors (Lipinski definition) is 2. The number of methoxy groups -OCH3 is 1. The first kappa shape index (κ1) is 12.1. The number of fused-ring (bicyclic) bond motifs is 1. The molecule has 0 unspecified atom stereocenters. The number of para-hydroxylation sites is 1. The van der Waals surface area contributed by atoms with Crippen molar-refractivity contribution in [3.63, 3.8) is 0 Å². The highest BCUT2D eigenvalue weighted by Crippen LogP contribution is 2.18. The maximum atomic E-state index is 4.98. The van der Waals surface area contributed by atoms with Crippen LogP contribution in [0.2, 0.25) is 0 Å². The Morgan fingerprint density at radius 1 is 1.24 bits per heavy atom. The molecule has 0 atom stereocenters. The first-order valence-corrected chi connectivity index (χ1v) is 6.16. The minimum atomic E-state index is 0.785. The summed E-state index contributed by atoms with van der Waals surface area (Å²) in [6.45, 7) is 2.76. The first-order chi connectivity index (χ1) is 8.42. The minimum Gasteiger partial charge on any atom is -0.383 e. The summed E-state index contributed by atoms with van der Waals surface area (Å²) >= 11 is 0. The molecule has 0 radical (unpaired) electrons. The largest absolute Gasteiger partial charge is 0.383 e. The van der Waals surface area contributed by atoms with Crippen molar-refractivity contribution in [2.45, 2.75) is 12.8 Å². The van der Waals surface area contributed by atoms with Crippen LogP contribution in [-0.2, 0) is 11.2 Å². The average Bonchev–Trinajstić information content (AvgIpc) is 2.77. The van der Waals surface area contributed by atoms with Crippen LogP contribution in [-0.4, -0.2) is 31.8 Å². The number of ether oxygens (including phenoxy) is 1. The Morgan fingerprint density at radius 3 is 3.00 bits per heavy atom. The van der Waals surface area contributed by atoms with E-state index in [1.165, 1.54) is 16.5 Å². The normalized spacial score (nSPS) is 11.1. The van der Waals surface area contributed by atoms with Gasteiger partial charge in [-0.25, -0.2) is 0 Å². The Kier molecular flexibility index (Phi) is 4.59. The van der Waals surface area contributed by atoms with Gasteiger partial charge >= 0.3 is 0 Å². The van der Waals surface area contributed by atoms with Gasteiger partial charge in [0, 0.05) is 30.8 Å². The minimum absolute atomic E-state index is 0.785. The molecule has 0 aliphatic carbocycles. The molecule has 0 fully saturated rings. The standard InChI is InChI=1S/C14H20N2O/c1-17-10-9-15-8-4-5-12-11-16-14-7-3-2-6-13(12)14/h2-3,6-7,11,15-16H,4-5,8-10H2,1H3. The van der Waals surface area contributed by atoms with E-state index in [0.29, 0.717) is 0 Å². The van der Waals surface area contributed by atoms with Crippen LogP contribution in [0.5, 0.6) is 0 Å². The quantitative estimate of drug-likeness (QED) is 0.719. The van der Waals surface area contributed by atoms with Crippen molar-refractivity contribution in [3.05, 3.63) is 36.0 Å². The summed E-state index contributed by atoms with van der Waals surface area (Å²) in [6, 6.07) is 8.46. The maximum absolute atomic E-state index is 4.98. The van der Waals surface area contributed by atoms with Crippen molar-refractivity contribution < 1.29 is 4.74 Å². The third-order valence-electron chi connectivity index (χ3n) is 2.96. The summed E-state index contributed by atoms with van der Waals surface area (Å²) in [5.74, 6) is 0. The SMILES string of the molecule is COCCNCCCc1c[nH]c2ccccc12. The Balaban J connectivity index is 1.79. The zero-order valence-corrected chi connectivity index (χ0v) is 10.3. The maximum Gasteiger partial charge on any atom is 0.0587 e. The molecular formula is C14H20N2O. The van der Waals surface area contributed by atoms with Gasteiger partial charge in [0.1, 0.15) is 0 Å². The Hall–Kier alpha value is -1.32. The second kappa shape index (κ2) is 6.42. The molecule has 0 saturated heterocycles. The second-order valence-electron chi connectivity index (χ2n) is 4.21. The number of benzene rings is 1. The van der Waals surface area contributed by atoms with Gasteiger partial charge in [-0.1, -0.05) is 18.2 Å². The molecule has 3 nitrogen and oxygen atoms in total. The summed E-state index contributed by atoms with van der Waals surface area (Å²) in [5.41, 5.74) is 2.64. The highest BCUT2D eigenvalue weighted by atomic mass is 16.5. The van der Waals surface area contributed by atoms with E-state index in [0.717, 1.165) is 32.5 Å². The zero-order valence-electron chi connectivity index (χ0n) is 10.3. The fourth-order valence-corrected chi connectivity index (χ4v) is 2.04. The van der Waals surface area contributed by atoms with Crippen LogP contribution in [0, 0.1) is 0 Å². The number of aromatic nitrogens is 1. The summed E-state index contributed by atoms with van der Waals surface area (Å²) in [6.07, 6.45) is 4.40. The molecule has 1 aromatic heterocycles. The summed E-state index contributed by atoms with van der Waals surface area (Å²) in [5, 5.41) is 4.71. The summed E-state index contributed by atoms with van der Waals surface area (Å²) in [4.78, 5) is 3.31. The number of aromatic amines is 1. The van der Waals surface area contributed by atoms with E-state index in [1.54, 1.807) is 7.11 Å². The van der Waals surface area contributed by atoms with E-state index in [4.69, 9.17) is 4.74 Å². The lowest BCUT2D eigenvalue weighted by atomic mass is 10.1. The molecule has 1 heterocycles. The van der Waals surface area contributed by atoms with Gasteiger partial charge < -0.3 is 15.0 Å². The van der Waals surface area contributed by atoms with Crippen molar-refractivity contribution in [1.29, 1.82) is 0 Å². The fourth-order valence-electron chi connectivity index (χ4n) is 2.04. The van der Waals surface area contributed by atoms with Crippen LogP contribution in [0.3, 0.4) is 0 Å². The van der Waals surface area contributed by atoms with Gasteiger partial charge in [0.25, 0.3) is 0 Å². The predicted octanol–water partition coefficient (Wildman–Crippen LogP) is 2.34. The van der Waals surface area contributed by atoms with Crippen molar-refractivity contribution in [2.24, 2.45) is 0 Å². The molecule has 0 spiro atoms. The monoisotopic (exact) mass is 232 g/mol. The second-order valence-corrected chi connectivity index (χ2v) is 4.21. The highest BCUT2D eigenvalue weighted by molar-refractivity contribution is 5.82. The van der Waals surface area contributed by atoms with Gasteiger partial charge in [0.15, 0.2) is 0 Å². The van der Waals surface area contributed by atoms with Gasteiger partial charge in [-0.3, -0.25) is 0 Å². The van der Waals surface area contributed by atoms with Crippen LogP contribution >= 0.6 is 0 Å². The van der Waals surface area contributed by atoms with E-state index < -0.39 is 0 Å². The van der Waals surface area contributed by atoms with Crippen LogP contribution in [0.1, 0.15) is 12.0 Å². The number of hydrogen-bond donors (Lipinski definition) is 2. The van der Waals surface area contributed by atoms with Gasteiger partial charge in [0.05, 0.1) is 6.61 Å². The van der Waals surface area contributed by atoms with Crippen LogP contribution in [0.15, 0.2) is 30.5 Å². The molecule has 2 N–H and O–H groups in total. The molecule has 17 heavy (non-hydrogen) atoms. The lowest BCUT2D eigenvalue weighted by Gasteiger charge is -2.03. The lowest BCUT2D eigenvalue weighted by molar-refractivity contribution is 0.199. The van der Waals surface area contributed by atoms with Crippen molar-refractivity contribution in [3.8, 4) is 0 Å². The first-order valence-electron chi connectivity index (χ1n) is 6.16. The van der Waals surface area contributed by atoms with E-state index in [9.17, 15) is 0 Å². The lowest BCUT2D eigenvalue weighted by Crippen LogP contribution is -2.20. The summed E-state index contributed by atoms with van der Waals surface area (Å²) in [7, 11) is 1.73.